The van der Waals surface area contributed by atoms with Crippen molar-refractivity contribution in [3.8, 4) is 0 Å². The number of anilines is 2. The smallest absolute Gasteiger partial charge is 0.233 e. The molecule has 158 valence electrons. The van der Waals surface area contributed by atoms with Crippen LogP contribution in [0.2, 0.25) is 0 Å². The van der Waals surface area contributed by atoms with Gasteiger partial charge < -0.3 is 15.1 Å². The summed E-state index contributed by atoms with van der Waals surface area (Å²) >= 11 is 0. The van der Waals surface area contributed by atoms with Crippen molar-refractivity contribution in [3.63, 3.8) is 0 Å². The van der Waals surface area contributed by atoms with E-state index in [9.17, 15) is 4.79 Å². The van der Waals surface area contributed by atoms with Gasteiger partial charge in [0.1, 0.15) is 0 Å². The van der Waals surface area contributed by atoms with E-state index in [1.165, 1.54) is 37.1 Å². The molecule has 1 aromatic rings. The second-order valence-corrected chi connectivity index (χ2v) is 9.83. The Labute approximate surface area is 175 Å². The van der Waals surface area contributed by atoms with Crippen molar-refractivity contribution in [2.24, 2.45) is 5.41 Å². The number of carbonyl (C=O) groups excluding carboxylic acids is 1. The highest BCUT2D eigenvalue weighted by atomic mass is 16.2. The van der Waals surface area contributed by atoms with Gasteiger partial charge in [-0.2, -0.15) is 0 Å². The minimum Gasteiger partial charge on any atom is -0.370 e. The van der Waals surface area contributed by atoms with Gasteiger partial charge in [-0.15, -0.1) is 0 Å². The van der Waals surface area contributed by atoms with Crippen molar-refractivity contribution >= 4 is 17.3 Å². The van der Waals surface area contributed by atoms with E-state index in [0.717, 1.165) is 63.7 Å². The zero-order valence-corrected chi connectivity index (χ0v) is 18.1. The summed E-state index contributed by atoms with van der Waals surface area (Å²) in [7, 11) is 0. The van der Waals surface area contributed by atoms with Gasteiger partial charge in [0.25, 0.3) is 0 Å². The van der Waals surface area contributed by atoms with Gasteiger partial charge in [0.15, 0.2) is 0 Å². The Balaban J connectivity index is 1.29. The van der Waals surface area contributed by atoms with Crippen molar-refractivity contribution < 1.29 is 4.79 Å². The Morgan fingerprint density at radius 3 is 2.62 bits per heavy atom. The summed E-state index contributed by atoms with van der Waals surface area (Å²) in [5, 5.41) is 3.41. The molecule has 5 rings (SSSR count). The van der Waals surface area contributed by atoms with Crippen LogP contribution < -0.4 is 15.1 Å². The van der Waals surface area contributed by atoms with E-state index < -0.39 is 0 Å². The summed E-state index contributed by atoms with van der Waals surface area (Å²) in [6.45, 7) is 10.9. The Bertz CT molecular complexity index is 772. The van der Waals surface area contributed by atoms with E-state index in [-0.39, 0.29) is 5.41 Å². The molecule has 5 heteroatoms. The summed E-state index contributed by atoms with van der Waals surface area (Å²) in [5.74, 6) is 0.360. The van der Waals surface area contributed by atoms with E-state index in [0.29, 0.717) is 11.9 Å². The molecule has 0 radical (unpaired) electrons. The van der Waals surface area contributed by atoms with Crippen molar-refractivity contribution in [3.05, 3.63) is 23.8 Å². The van der Waals surface area contributed by atoms with Crippen LogP contribution in [-0.2, 0) is 4.79 Å². The third-order valence-electron chi connectivity index (χ3n) is 8.15. The van der Waals surface area contributed by atoms with Gasteiger partial charge in [-0.25, -0.2) is 0 Å². The largest absolute Gasteiger partial charge is 0.370 e. The van der Waals surface area contributed by atoms with Crippen molar-refractivity contribution in [1.82, 2.24) is 10.2 Å². The molecule has 0 unspecified atom stereocenters. The SMILES string of the molecule is Cc1cc(N2CC[C@@H](N3CCC[C@@H]3C)C2)ccc1N1CCC2(CCNCC2)C1=O. The van der Waals surface area contributed by atoms with E-state index in [4.69, 9.17) is 0 Å². The molecule has 0 aromatic heterocycles. The van der Waals surface area contributed by atoms with Gasteiger partial charge in [-0.1, -0.05) is 0 Å². The molecule has 4 fully saturated rings. The number of amides is 1. The molecule has 1 N–H and O–H groups in total. The first-order chi connectivity index (χ1) is 14.1. The highest BCUT2D eigenvalue weighted by Gasteiger charge is 2.47. The second kappa shape index (κ2) is 7.59. The lowest BCUT2D eigenvalue weighted by Gasteiger charge is -2.32. The first kappa shape index (κ1) is 19.4. The number of likely N-dealkylation sites (tertiary alicyclic amines) is 1. The number of benzene rings is 1. The highest BCUT2D eigenvalue weighted by Crippen LogP contribution is 2.43. The minimum atomic E-state index is -0.106. The van der Waals surface area contributed by atoms with E-state index in [1.807, 2.05) is 0 Å². The molecule has 5 nitrogen and oxygen atoms in total. The van der Waals surface area contributed by atoms with Gasteiger partial charge in [-0.05, 0) is 95.8 Å². The van der Waals surface area contributed by atoms with Gasteiger partial charge in [0.2, 0.25) is 5.91 Å². The van der Waals surface area contributed by atoms with Crippen LogP contribution in [0.5, 0.6) is 0 Å². The van der Waals surface area contributed by atoms with Gasteiger partial charge >= 0.3 is 0 Å². The molecule has 1 aromatic carbocycles. The highest BCUT2D eigenvalue weighted by molar-refractivity contribution is 6.00. The van der Waals surface area contributed by atoms with Gasteiger partial charge in [-0.3, -0.25) is 9.69 Å². The van der Waals surface area contributed by atoms with Gasteiger partial charge in [0.05, 0.1) is 5.41 Å². The first-order valence-corrected chi connectivity index (χ1v) is 11.7. The molecule has 1 amide bonds. The van der Waals surface area contributed by atoms with E-state index in [1.54, 1.807) is 0 Å². The van der Waals surface area contributed by atoms with Crippen molar-refractivity contribution in [2.75, 3.05) is 49.1 Å². The lowest BCUT2D eigenvalue weighted by Crippen LogP contribution is -2.42. The Hall–Kier alpha value is -1.59. The molecular formula is C24H36N4O. The average Bonchev–Trinajstić information content (AvgIpc) is 3.44. The lowest BCUT2D eigenvalue weighted by atomic mass is 9.77. The van der Waals surface area contributed by atoms with Crippen molar-refractivity contribution in [1.29, 1.82) is 0 Å². The maximum absolute atomic E-state index is 13.3. The third-order valence-corrected chi connectivity index (χ3v) is 8.15. The molecule has 2 atom stereocenters. The topological polar surface area (TPSA) is 38.8 Å². The number of hydrogen-bond acceptors (Lipinski definition) is 4. The van der Waals surface area contributed by atoms with Crippen LogP contribution in [0.15, 0.2) is 18.2 Å². The maximum atomic E-state index is 13.3. The first-order valence-electron chi connectivity index (χ1n) is 11.7. The summed E-state index contributed by atoms with van der Waals surface area (Å²) in [6.07, 6.45) is 6.97. The summed E-state index contributed by atoms with van der Waals surface area (Å²) < 4.78 is 0. The zero-order valence-electron chi connectivity index (χ0n) is 18.1. The summed E-state index contributed by atoms with van der Waals surface area (Å²) in [5.41, 5.74) is 3.58. The Morgan fingerprint density at radius 1 is 1.07 bits per heavy atom. The fourth-order valence-electron chi connectivity index (χ4n) is 6.30. The van der Waals surface area contributed by atoms with Crippen LogP contribution in [-0.4, -0.2) is 62.2 Å². The maximum Gasteiger partial charge on any atom is 0.233 e. The van der Waals surface area contributed by atoms with E-state index >= 15 is 0 Å². The molecular weight excluding hydrogens is 360 g/mol. The fourth-order valence-corrected chi connectivity index (χ4v) is 6.30. The Kier molecular flexibility index (Phi) is 5.07. The average molecular weight is 397 g/mol. The van der Waals surface area contributed by atoms with Crippen LogP contribution in [0.3, 0.4) is 0 Å². The molecule has 1 spiro atoms. The van der Waals surface area contributed by atoms with Crippen LogP contribution >= 0.6 is 0 Å². The standard InChI is InChI=1S/C24H36N4O/c1-18-16-20(26-14-7-21(17-26)27-13-3-4-19(27)2)5-6-22(18)28-15-10-24(23(28)29)8-11-25-12-9-24/h5-6,16,19,21,25H,3-4,7-15,17H2,1-2H3/t19-,21+/m0/s1. The predicted octanol–water partition coefficient (Wildman–Crippen LogP) is 3.16. The fraction of sp³-hybridized carbons (Fsp3) is 0.708. The second-order valence-electron chi connectivity index (χ2n) is 9.83. The number of nitrogens with one attached hydrogen (secondary N) is 1. The monoisotopic (exact) mass is 396 g/mol. The normalized spacial score (nSPS) is 30.1. The minimum absolute atomic E-state index is 0.106. The van der Waals surface area contributed by atoms with Crippen molar-refractivity contribution in [2.45, 2.75) is 64.5 Å². The molecule has 0 bridgehead atoms. The number of piperidine rings is 1. The molecule has 0 aliphatic carbocycles. The van der Waals surface area contributed by atoms with Crippen LogP contribution in [0.1, 0.15) is 51.0 Å². The molecule has 29 heavy (non-hydrogen) atoms. The number of hydrogen-bond donors (Lipinski definition) is 1. The van der Waals surface area contributed by atoms with Gasteiger partial charge in [0, 0.05) is 43.1 Å². The number of rotatable bonds is 3. The lowest BCUT2D eigenvalue weighted by molar-refractivity contribution is -0.126. The Morgan fingerprint density at radius 2 is 1.90 bits per heavy atom. The zero-order chi connectivity index (χ0) is 20.0. The van der Waals surface area contributed by atoms with Crippen LogP contribution in [0.25, 0.3) is 0 Å². The third kappa shape index (κ3) is 3.36. The number of carbonyl (C=O) groups is 1. The quantitative estimate of drug-likeness (QED) is 0.852. The molecule has 0 saturated carbocycles. The number of aryl methyl sites for hydroxylation is 1. The summed E-state index contributed by atoms with van der Waals surface area (Å²) in [6, 6.07) is 8.21. The predicted molar refractivity (Wildman–Crippen MR) is 119 cm³/mol. The number of nitrogens with zero attached hydrogens (tertiary/aromatic N) is 3. The summed E-state index contributed by atoms with van der Waals surface area (Å²) in [4.78, 5) is 20.6. The van der Waals surface area contributed by atoms with E-state index in [2.05, 4.69) is 52.1 Å². The van der Waals surface area contributed by atoms with Crippen LogP contribution in [0, 0.1) is 12.3 Å². The molecule has 4 aliphatic rings. The molecule has 4 heterocycles. The molecule has 4 aliphatic heterocycles. The molecule has 4 saturated heterocycles. The van der Waals surface area contributed by atoms with Crippen LogP contribution in [0.4, 0.5) is 11.4 Å².